The molecule has 0 aromatic carbocycles. The number of nitrogens with one attached hydrogen (secondary N) is 2. The fraction of sp³-hybridized carbons (Fsp3) is 0.600. The van der Waals surface area contributed by atoms with Gasteiger partial charge in [-0.15, -0.1) is 24.8 Å². The number of hydrogen-bond acceptors (Lipinski definition) is 4. The largest absolute Gasteiger partial charge is 0.367 e. The Labute approximate surface area is 144 Å². The standard InChI is InChI=1S/C15H24N4O.2ClH/c1-10(2)18-14-13(4-3-9-17-14)15(20)19-12-7-5-11(16)6-8-12;;/h3-4,9-12H,5-8,16H2,1-2H3,(H,17,18)(H,19,20);2*1H. The number of aromatic nitrogens is 1. The van der Waals surface area contributed by atoms with Gasteiger partial charge < -0.3 is 16.4 Å². The zero-order chi connectivity index (χ0) is 14.5. The summed E-state index contributed by atoms with van der Waals surface area (Å²) >= 11 is 0. The van der Waals surface area contributed by atoms with Crippen LogP contribution in [0.15, 0.2) is 18.3 Å². The molecule has 0 saturated heterocycles. The van der Waals surface area contributed by atoms with Gasteiger partial charge in [-0.25, -0.2) is 4.98 Å². The molecule has 1 aliphatic rings. The van der Waals surface area contributed by atoms with E-state index in [4.69, 9.17) is 5.73 Å². The Morgan fingerprint density at radius 3 is 2.50 bits per heavy atom. The number of nitrogens with zero attached hydrogens (tertiary/aromatic N) is 1. The van der Waals surface area contributed by atoms with Crippen LogP contribution in [0.25, 0.3) is 0 Å². The first kappa shape index (κ1) is 21.0. The Kier molecular flexibility index (Phi) is 9.41. The second-order valence-electron chi connectivity index (χ2n) is 5.78. The van der Waals surface area contributed by atoms with Gasteiger partial charge in [0, 0.05) is 24.3 Å². The number of rotatable bonds is 4. The van der Waals surface area contributed by atoms with E-state index in [-0.39, 0.29) is 42.8 Å². The van der Waals surface area contributed by atoms with Crippen LogP contribution in [0.3, 0.4) is 0 Å². The summed E-state index contributed by atoms with van der Waals surface area (Å²) in [6.07, 6.45) is 5.57. The Bertz CT molecular complexity index is 463. The molecule has 4 N–H and O–H groups in total. The molecule has 0 bridgehead atoms. The molecule has 1 aromatic heterocycles. The van der Waals surface area contributed by atoms with E-state index >= 15 is 0 Å². The van der Waals surface area contributed by atoms with E-state index in [0.29, 0.717) is 17.4 Å². The maximum atomic E-state index is 12.4. The molecule has 126 valence electrons. The summed E-state index contributed by atoms with van der Waals surface area (Å²) < 4.78 is 0. The normalized spacial score (nSPS) is 20.5. The minimum Gasteiger partial charge on any atom is -0.367 e. The van der Waals surface area contributed by atoms with E-state index in [2.05, 4.69) is 15.6 Å². The van der Waals surface area contributed by atoms with E-state index in [1.165, 1.54) is 0 Å². The third-order valence-electron chi connectivity index (χ3n) is 3.58. The van der Waals surface area contributed by atoms with Crippen LogP contribution in [0.5, 0.6) is 0 Å². The lowest BCUT2D eigenvalue weighted by Crippen LogP contribution is -2.40. The third-order valence-corrected chi connectivity index (χ3v) is 3.58. The molecule has 1 saturated carbocycles. The van der Waals surface area contributed by atoms with Crippen LogP contribution in [-0.4, -0.2) is 29.0 Å². The first-order valence-electron chi connectivity index (χ1n) is 7.34. The second-order valence-corrected chi connectivity index (χ2v) is 5.78. The van der Waals surface area contributed by atoms with Crippen LogP contribution in [-0.2, 0) is 0 Å². The maximum Gasteiger partial charge on any atom is 0.255 e. The quantitative estimate of drug-likeness (QED) is 0.781. The van der Waals surface area contributed by atoms with Crippen molar-refractivity contribution >= 4 is 36.5 Å². The molecule has 22 heavy (non-hydrogen) atoms. The summed E-state index contributed by atoms with van der Waals surface area (Å²) in [5.74, 6) is 0.592. The molecule has 0 atom stereocenters. The zero-order valence-electron chi connectivity index (χ0n) is 13.0. The van der Waals surface area contributed by atoms with Gasteiger partial charge in [0.1, 0.15) is 5.82 Å². The fourth-order valence-corrected chi connectivity index (χ4v) is 2.50. The summed E-state index contributed by atoms with van der Waals surface area (Å²) in [5.41, 5.74) is 6.49. The van der Waals surface area contributed by atoms with E-state index in [1.54, 1.807) is 12.3 Å². The first-order chi connectivity index (χ1) is 9.56. The minimum absolute atomic E-state index is 0. The molecule has 7 heteroatoms. The van der Waals surface area contributed by atoms with Crippen molar-refractivity contribution < 1.29 is 4.79 Å². The van der Waals surface area contributed by atoms with Crippen molar-refractivity contribution in [2.45, 2.75) is 57.7 Å². The topological polar surface area (TPSA) is 80.0 Å². The first-order valence-corrected chi connectivity index (χ1v) is 7.34. The molecule has 0 radical (unpaired) electrons. The minimum atomic E-state index is -0.0540. The van der Waals surface area contributed by atoms with Crippen molar-refractivity contribution in [1.29, 1.82) is 0 Å². The lowest BCUT2D eigenvalue weighted by Gasteiger charge is -2.27. The van der Waals surface area contributed by atoms with Crippen LogP contribution in [0.4, 0.5) is 5.82 Å². The Balaban J connectivity index is 0.00000220. The Hall–Kier alpha value is -1.04. The maximum absolute atomic E-state index is 12.4. The number of carbonyl (C=O) groups excluding carboxylic acids is 1. The molecular formula is C15H26Cl2N4O. The van der Waals surface area contributed by atoms with Crippen molar-refractivity contribution in [2.24, 2.45) is 5.73 Å². The van der Waals surface area contributed by atoms with Crippen molar-refractivity contribution in [3.05, 3.63) is 23.9 Å². The lowest BCUT2D eigenvalue weighted by atomic mass is 9.91. The highest BCUT2D eigenvalue weighted by atomic mass is 35.5. The van der Waals surface area contributed by atoms with Crippen LogP contribution < -0.4 is 16.4 Å². The number of anilines is 1. The number of hydrogen-bond donors (Lipinski definition) is 3. The van der Waals surface area contributed by atoms with Crippen LogP contribution >= 0.6 is 24.8 Å². The highest BCUT2D eigenvalue weighted by Crippen LogP contribution is 2.19. The smallest absolute Gasteiger partial charge is 0.255 e. The lowest BCUT2D eigenvalue weighted by molar-refractivity contribution is 0.0926. The van der Waals surface area contributed by atoms with E-state index < -0.39 is 0 Å². The molecule has 1 fully saturated rings. The molecule has 0 unspecified atom stereocenters. The zero-order valence-corrected chi connectivity index (χ0v) is 14.7. The molecule has 5 nitrogen and oxygen atoms in total. The number of amides is 1. The molecule has 0 aliphatic heterocycles. The van der Waals surface area contributed by atoms with Gasteiger partial charge in [-0.05, 0) is 51.7 Å². The van der Waals surface area contributed by atoms with E-state index in [1.807, 2.05) is 19.9 Å². The van der Waals surface area contributed by atoms with Crippen molar-refractivity contribution in [3.63, 3.8) is 0 Å². The van der Waals surface area contributed by atoms with Crippen LogP contribution in [0.2, 0.25) is 0 Å². The highest BCUT2D eigenvalue weighted by Gasteiger charge is 2.22. The fourth-order valence-electron chi connectivity index (χ4n) is 2.50. The van der Waals surface area contributed by atoms with Gasteiger partial charge in [0.2, 0.25) is 0 Å². The Morgan fingerprint density at radius 2 is 1.91 bits per heavy atom. The summed E-state index contributed by atoms with van der Waals surface area (Å²) in [6, 6.07) is 4.36. The SMILES string of the molecule is CC(C)Nc1ncccc1C(=O)NC1CCC(N)CC1.Cl.Cl. The van der Waals surface area contributed by atoms with Crippen molar-refractivity contribution in [2.75, 3.05) is 5.32 Å². The van der Waals surface area contributed by atoms with Gasteiger partial charge in [-0.1, -0.05) is 0 Å². The summed E-state index contributed by atoms with van der Waals surface area (Å²) in [6.45, 7) is 4.05. The average Bonchev–Trinajstić information content (AvgIpc) is 2.41. The van der Waals surface area contributed by atoms with E-state index in [0.717, 1.165) is 25.7 Å². The van der Waals surface area contributed by atoms with Gasteiger partial charge in [0.05, 0.1) is 5.56 Å². The highest BCUT2D eigenvalue weighted by molar-refractivity contribution is 5.98. The van der Waals surface area contributed by atoms with Crippen LogP contribution in [0.1, 0.15) is 49.9 Å². The van der Waals surface area contributed by atoms with Gasteiger partial charge in [0.15, 0.2) is 0 Å². The molecule has 2 rings (SSSR count). The summed E-state index contributed by atoms with van der Waals surface area (Å²) in [5, 5.41) is 6.30. The number of nitrogens with two attached hydrogens (primary N) is 1. The molecule has 1 aliphatic carbocycles. The summed E-state index contributed by atoms with van der Waals surface area (Å²) in [7, 11) is 0. The average molecular weight is 349 g/mol. The van der Waals surface area contributed by atoms with Crippen molar-refractivity contribution in [1.82, 2.24) is 10.3 Å². The van der Waals surface area contributed by atoms with Gasteiger partial charge in [0.25, 0.3) is 5.91 Å². The van der Waals surface area contributed by atoms with Gasteiger partial charge >= 0.3 is 0 Å². The Morgan fingerprint density at radius 1 is 1.27 bits per heavy atom. The number of carbonyl (C=O) groups is 1. The monoisotopic (exact) mass is 348 g/mol. The number of halogens is 2. The van der Waals surface area contributed by atoms with Gasteiger partial charge in [-0.2, -0.15) is 0 Å². The van der Waals surface area contributed by atoms with Crippen molar-refractivity contribution in [3.8, 4) is 0 Å². The molecular weight excluding hydrogens is 323 g/mol. The van der Waals surface area contributed by atoms with Gasteiger partial charge in [-0.3, -0.25) is 4.79 Å². The second kappa shape index (κ2) is 9.87. The number of pyridine rings is 1. The molecule has 1 heterocycles. The third kappa shape index (κ3) is 5.99. The van der Waals surface area contributed by atoms with Crippen LogP contribution in [0, 0.1) is 0 Å². The molecule has 0 spiro atoms. The predicted octanol–water partition coefficient (Wildman–Crippen LogP) is 2.75. The predicted molar refractivity (Wildman–Crippen MR) is 95.2 cm³/mol. The molecule has 1 aromatic rings. The summed E-state index contributed by atoms with van der Waals surface area (Å²) in [4.78, 5) is 16.6. The molecule has 1 amide bonds. The van der Waals surface area contributed by atoms with E-state index in [9.17, 15) is 4.79 Å².